The van der Waals surface area contributed by atoms with Gasteiger partial charge >= 0.3 is 0 Å². The number of benzene rings is 1. The van der Waals surface area contributed by atoms with Crippen molar-refractivity contribution in [1.82, 2.24) is 24.7 Å². The first-order chi connectivity index (χ1) is 12.6. The molecule has 0 saturated heterocycles. The number of hydrogen-bond donors (Lipinski definition) is 2. The average Bonchev–Trinajstić information content (AvgIpc) is 3.24. The lowest BCUT2D eigenvalue weighted by atomic mass is 10.1. The van der Waals surface area contributed by atoms with E-state index in [0.717, 1.165) is 11.1 Å². The Hall–Kier alpha value is -3.75. The molecule has 26 heavy (non-hydrogen) atoms. The van der Waals surface area contributed by atoms with Crippen LogP contribution in [0.2, 0.25) is 0 Å². The van der Waals surface area contributed by atoms with Crippen LogP contribution < -0.4 is 10.5 Å². The minimum Gasteiger partial charge on any atom is -0.423 e. The summed E-state index contributed by atoms with van der Waals surface area (Å²) in [7, 11) is 1.82. The Balaban J connectivity index is 1.87. The van der Waals surface area contributed by atoms with Gasteiger partial charge in [-0.05, 0) is 18.2 Å². The van der Waals surface area contributed by atoms with E-state index in [1.807, 2.05) is 19.3 Å². The fraction of sp³-hybridized carbons (Fsp3) is 0.0588. The van der Waals surface area contributed by atoms with E-state index in [9.17, 15) is 9.18 Å². The smallest absolute Gasteiger partial charge is 0.298 e. The number of pyridine rings is 1. The van der Waals surface area contributed by atoms with E-state index in [2.05, 4.69) is 20.1 Å². The topological polar surface area (TPSA) is 112 Å². The minimum atomic E-state index is -0.683. The summed E-state index contributed by atoms with van der Waals surface area (Å²) in [6.07, 6.45) is 5.20. The first kappa shape index (κ1) is 15.8. The maximum atomic E-state index is 13.9. The summed E-state index contributed by atoms with van der Waals surface area (Å²) in [4.78, 5) is 22.2. The van der Waals surface area contributed by atoms with Crippen LogP contribution in [0.1, 0.15) is 0 Å². The molecule has 4 rings (SSSR count). The Morgan fingerprint density at radius 3 is 2.88 bits per heavy atom. The van der Waals surface area contributed by atoms with Gasteiger partial charge < -0.3 is 15.5 Å². The van der Waals surface area contributed by atoms with Gasteiger partial charge in [-0.3, -0.25) is 9.48 Å². The number of anilines is 1. The van der Waals surface area contributed by atoms with E-state index in [0.29, 0.717) is 16.9 Å². The predicted molar refractivity (Wildman–Crippen MR) is 92.6 cm³/mol. The van der Waals surface area contributed by atoms with Crippen molar-refractivity contribution in [1.29, 1.82) is 0 Å². The van der Waals surface area contributed by atoms with Gasteiger partial charge in [0.2, 0.25) is 0 Å². The number of imidazole rings is 1. The number of nitrogen functional groups attached to an aromatic ring is 1. The van der Waals surface area contributed by atoms with Crippen LogP contribution in [0, 0.1) is 5.82 Å². The molecule has 0 amide bonds. The van der Waals surface area contributed by atoms with Crippen LogP contribution in [0.25, 0.3) is 33.5 Å². The number of H-pyrrole nitrogens is 1. The molecular formula is C17H13FN6O2. The van der Waals surface area contributed by atoms with Crippen LogP contribution in [0.15, 0.2) is 36.8 Å². The van der Waals surface area contributed by atoms with E-state index < -0.39 is 5.82 Å². The fourth-order valence-corrected chi connectivity index (χ4v) is 2.71. The lowest BCUT2D eigenvalue weighted by Gasteiger charge is -2.04. The number of ether oxygens (including phenoxy) is 1. The molecule has 3 N–H and O–H groups in total. The molecule has 9 heteroatoms. The molecule has 0 radical (unpaired) electrons. The number of rotatable bonds is 4. The predicted octanol–water partition coefficient (Wildman–Crippen LogP) is 2.28. The average molecular weight is 352 g/mol. The van der Waals surface area contributed by atoms with Crippen LogP contribution in [0.5, 0.6) is 5.75 Å². The number of carbonyl (C=O) groups excluding carboxylic acids is 1. The zero-order chi connectivity index (χ0) is 18.3. The monoisotopic (exact) mass is 352 g/mol. The summed E-state index contributed by atoms with van der Waals surface area (Å²) < 4.78 is 20.3. The Morgan fingerprint density at radius 1 is 1.31 bits per heavy atom. The number of nitrogens with two attached hydrogens (primary N) is 1. The molecule has 3 heterocycles. The maximum Gasteiger partial charge on any atom is 0.298 e. The maximum absolute atomic E-state index is 13.9. The normalized spacial score (nSPS) is 11.0. The second kappa shape index (κ2) is 5.96. The first-order valence-corrected chi connectivity index (χ1v) is 7.60. The highest BCUT2D eigenvalue weighted by Gasteiger charge is 2.17. The molecule has 0 aliphatic heterocycles. The van der Waals surface area contributed by atoms with Gasteiger partial charge in [-0.2, -0.15) is 5.10 Å². The molecule has 0 bridgehead atoms. The van der Waals surface area contributed by atoms with Crippen molar-refractivity contribution in [3.05, 3.63) is 42.6 Å². The number of aromatic nitrogens is 5. The number of fused-ring (bicyclic) bond motifs is 1. The molecular weight excluding hydrogens is 339 g/mol. The highest BCUT2D eigenvalue weighted by Crippen LogP contribution is 2.32. The van der Waals surface area contributed by atoms with Crippen LogP contribution in [0.3, 0.4) is 0 Å². The number of hydrogen-bond acceptors (Lipinski definition) is 6. The molecule has 0 aliphatic rings. The van der Waals surface area contributed by atoms with Gasteiger partial charge in [0, 0.05) is 30.6 Å². The molecule has 130 valence electrons. The van der Waals surface area contributed by atoms with Gasteiger partial charge in [-0.25, -0.2) is 14.4 Å². The number of nitrogens with zero attached hydrogens (tertiary/aromatic N) is 4. The minimum absolute atomic E-state index is 0.158. The van der Waals surface area contributed by atoms with Gasteiger partial charge in [0.15, 0.2) is 11.6 Å². The van der Waals surface area contributed by atoms with Crippen molar-refractivity contribution in [2.24, 2.45) is 7.05 Å². The van der Waals surface area contributed by atoms with E-state index >= 15 is 0 Å². The standard InChI is InChI=1S/C17H13FN6O2/c1-24-7-10(6-21-24)9-4-11(16(19)20-5-9)17-22-13-3-2-12(18)15(26-8-25)14(13)23-17/h2-8H,1H3,(H2,19,20)(H,22,23). The van der Waals surface area contributed by atoms with E-state index in [4.69, 9.17) is 10.5 Å². The summed E-state index contributed by atoms with van der Waals surface area (Å²) in [6, 6.07) is 4.51. The molecule has 1 aromatic carbocycles. The van der Waals surface area contributed by atoms with Crippen LogP contribution in [0.4, 0.5) is 10.2 Å². The van der Waals surface area contributed by atoms with Crippen molar-refractivity contribution in [2.75, 3.05) is 5.73 Å². The summed E-state index contributed by atoms with van der Waals surface area (Å²) in [5.41, 5.74) is 8.91. The Morgan fingerprint density at radius 2 is 2.15 bits per heavy atom. The second-order valence-corrected chi connectivity index (χ2v) is 5.63. The zero-order valence-electron chi connectivity index (χ0n) is 13.6. The van der Waals surface area contributed by atoms with Crippen LogP contribution in [-0.4, -0.2) is 31.2 Å². The lowest BCUT2D eigenvalue weighted by molar-refractivity contribution is -0.120. The highest BCUT2D eigenvalue weighted by atomic mass is 19.1. The van der Waals surface area contributed by atoms with Crippen molar-refractivity contribution >= 4 is 23.3 Å². The molecule has 0 atom stereocenters. The molecule has 0 spiro atoms. The second-order valence-electron chi connectivity index (χ2n) is 5.63. The largest absolute Gasteiger partial charge is 0.423 e. The number of aromatic amines is 1. The number of halogens is 1. The number of aryl methyl sites for hydroxylation is 1. The molecule has 0 saturated carbocycles. The third-order valence-electron chi connectivity index (χ3n) is 3.94. The number of carbonyl (C=O) groups is 1. The van der Waals surface area contributed by atoms with Crippen LogP contribution >= 0.6 is 0 Å². The third-order valence-corrected chi connectivity index (χ3v) is 3.94. The third kappa shape index (κ3) is 2.55. The van der Waals surface area contributed by atoms with Gasteiger partial charge in [0.25, 0.3) is 6.47 Å². The lowest BCUT2D eigenvalue weighted by Crippen LogP contribution is -1.96. The molecule has 0 fully saturated rings. The molecule has 4 aromatic rings. The summed E-state index contributed by atoms with van der Waals surface area (Å²) in [5.74, 6) is -0.278. The Kier molecular flexibility index (Phi) is 3.61. The SMILES string of the molecule is Cn1cc(-c2cnc(N)c(-c3nc4c(OC=O)c(F)ccc4[nH]3)c2)cn1. The fourth-order valence-electron chi connectivity index (χ4n) is 2.71. The Bertz CT molecular complexity index is 1130. The molecule has 3 aromatic heterocycles. The highest BCUT2D eigenvalue weighted by molar-refractivity contribution is 5.88. The summed E-state index contributed by atoms with van der Waals surface area (Å²) in [5, 5.41) is 4.14. The quantitative estimate of drug-likeness (QED) is 0.545. The van der Waals surface area contributed by atoms with Crippen molar-refractivity contribution in [3.8, 4) is 28.3 Å². The van der Waals surface area contributed by atoms with Gasteiger partial charge in [-0.1, -0.05) is 0 Å². The van der Waals surface area contributed by atoms with Gasteiger partial charge in [-0.15, -0.1) is 0 Å². The zero-order valence-corrected chi connectivity index (χ0v) is 13.6. The summed E-state index contributed by atoms with van der Waals surface area (Å²) in [6.45, 7) is 0.158. The van der Waals surface area contributed by atoms with E-state index in [1.54, 1.807) is 17.1 Å². The van der Waals surface area contributed by atoms with Crippen LogP contribution in [-0.2, 0) is 11.8 Å². The summed E-state index contributed by atoms with van der Waals surface area (Å²) >= 11 is 0. The number of nitrogens with one attached hydrogen (secondary N) is 1. The van der Waals surface area contributed by atoms with Crippen molar-refractivity contribution in [3.63, 3.8) is 0 Å². The van der Waals surface area contributed by atoms with E-state index in [1.165, 1.54) is 12.1 Å². The van der Waals surface area contributed by atoms with Crippen molar-refractivity contribution < 1.29 is 13.9 Å². The van der Waals surface area contributed by atoms with Gasteiger partial charge in [0.05, 0.1) is 17.3 Å². The first-order valence-electron chi connectivity index (χ1n) is 7.60. The van der Waals surface area contributed by atoms with Crippen molar-refractivity contribution in [2.45, 2.75) is 0 Å². The van der Waals surface area contributed by atoms with E-state index in [-0.39, 0.29) is 23.6 Å². The molecule has 8 nitrogen and oxygen atoms in total. The molecule has 0 aliphatic carbocycles. The molecule has 0 unspecified atom stereocenters. The Labute approximate surface area is 146 Å². The van der Waals surface area contributed by atoms with Gasteiger partial charge in [0.1, 0.15) is 17.2 Å².